The molecule has 0 aromatic heterocycles. The quantitative estimate of drug-likeness (QED) is 0.815. The van der Waals surface area contributed by atoms with Crippen molar-refractivity contribution < 1.29 is 23.7 Å². The highest BCUT2D eigenvalue weighted by Crippen LogP contribution is 2.39. The van der Waals surface area contributed by atoms with Gasteiger partial charge in [-0.05, 0) is 30.3 Å². The average Bonchev–Trinajstić information content (AvgIpc) is 2.64. The summed E-state index contributed by atoms with van der Waals surface area (Å²) in [5, 5.41) is 3.28. The number of nitrogens with one attached hydrogen (secondary N) is 1. The lowest BCUT2D eigenvalue weighted by Gasteiger charge is -2.16. The van der Waals surface area contributed by atoms with Crippen LogP contribution in [0.25, 0.3) is 0 Å². The van der Waals surface area contributed by atoms with Crippen molar-refractivity contribution in [3.8, 4) is 23.0 Å². The molecule has 0 saturated heterocycles. The third-order valence-electron chi connectivity index (χ3n) is 3.63. The zero-order valence-electron chi connectivity index (χ0n) is 14.5. The summed E-state index contributed by atoms with van der Waals surface area (Å²) >= 11 is 5.97. The van der Waals surface area contributed by atoms with Gasteiger partial charge in [0.1, 0.15) is 5.75 Å². The summed E-state index contributed by atoms with van der Waals surface area (Å²) in [6.07, 6.45) is 0. The summed E-state index contributed by atoms with van der Waals surface area (Å²) in [7, 11) is 6.10. The zero-order chi connectivity index (χ0) is 18.4. The van der Waals surface area contributed by atoms with Crippen molar-refractivity contribution in [2.24, 2.45) is 0 Å². The van der Waals surface area contributed by atoms with Crippen LogP contribution < -0.4 is 24.3 Å². The van der Waals surface area contributed by atoms with E-state index in [1.807, 2.05) is 0 Å². The largest absolute Gasteiger partial charge is 0.496 e. The number of hydrogen-bond donors (Lipinski definition) is 1. The highest BCUT2D eigenvalue weighted by Gasteiger charge is 2.18. The SMILES string of the molecule is COc1ccc(Cl)cc1C(=O)NCc1ccc(OC)c(OC)c1OC. The van der Waals surface area contributed by atoms with Crippen molar-refractivity contribution >= 4 is 17.5 Å². The lowest BCUT2D eigenvalue weighted by atomic mass is 10.1. The normalized spacial score (nSPS) is 10.1. The van der Waals surface area contributed by atoms with Gasteiger partial charge in [0.15, 0.2) is 11.5 Å². The third-order valence-corrected chi connectivity index (χ3v) is 3.87. The molecule has 0 aliphatic carbocycles. The summed E-state index contributed by atoms with van der Waals surface area (Å²) in [6, 6.07) is 8.42. The lowest BCUT2D eigenvalue weighted by molar-refractivity contribution is 0.0947. The first-order chi connectivity index (χ1) is 12.0. The summed E-state index contributed by atoms with van der Waals surface area (Å²) < 4.78 is 21.2. The first kappa shape index (κ1) is 18.7. The fourth-order valence-electron chi connectivity index (χ4n) is 2.43. The molecule has 25 heavy (non-hydrogen) atoms. The second-order valence-electron chi connectivity index (χ2n) is 5.02. The first-order valence-electron chi connectivity index (χ1n) is 7.45. The van der Waals surface area contributed by atoms with E-state index in [0.29, 0.717) is 33.6 Å². The van der Waals surface area contributed by atoms with Gasteiger partial charge >= 0.3 is 0 Å². The van der Waals surface area contributed by atoms with Crippen LogP contribution in [-0.4, -0.2) is 34.3 Å². The van der Waals surface area contributed by atoms with Crippen LogP contribution in [0.2, 0.25) is 5.02 Å². The highest BCUT2D eigenvalue weighted by molar-refractivity contribution is 6.31. The van der Waals surface area contributed by atoms with E-state index in [4.69, 9.17) is 30.5 Å². The van der Waals surface area contributed by atoms with Crippen LogP contribution in [0.3, 0.4) is 0 Å². The number of rotatable bonds is 7. The molecule has 0 bridgehead atoms. The van der Waals surface area contributed by atoms with Crippen LogP contribution in [0, 0.1) is 0 Å². The second-order valence-corrected chi connectivity index (χ2v) is 5.46. The number of carbonyl (C=O) groups excluding carboxylic acids is 1. The molecule has 6 nitrogen and oxygen atoms in total. The third kappa shape index (κ3) is 4.09. The molecule has 2 rings (SSSR count). The molecule has 0 unspecified atom stereocenters. The Balaban J connectivity index is 2.24. The van der Waals surface area contributed by atoms with Crippen molar-refractivity contribution in [3.63, 3.8) is 0 Å². The lowest BCUT2D eigenvalue weighted by Crippen LogP contribution is -2.23. The fourth-order valence-corrected chi connectivity index (χ4v) is 2.60. The summed E-state index contributed by atoms with van der Waals surface area (Å²) in [4.78, 5) is 12.5. The van der Waals surface area contributed by atoms with E-state index in [-0.39, 0.29) is 12.5 Å². The molecule has 0 atom stereocenters. The van der Waals surface area contributed by atoms with Crippen molar-refractivity contribution in [3.05, 3.63) is 46.5 Å². The maximum absolute atomic E-state index is 12.5. The molecule has 0 aliphatic rings. The molecule has 2 aromatic carbocycles. The standard InChI is InChI=1S/C18H20ClNO5/c1-22-14-8-6-12(19)9-13(14)18(21)20-10-11-5-7-15(23-2)17(25-4)16(11)24-3/h5-9H,10H2,1-4H3,(H,20,21). The molecule has 0 heterocycles. The number of halogens is 1. The summed E-state index contributed by atoms with van der Waals surface area (Å²) in [5.74, 6) is 1.65. The Bertz CT molecular complexity index is 763. The maximum atomic E-state index is 12.5. The van der Waals surface area contributed by atoms with Crippen LogP contribution in [0.15, 0.2) is 30.3 Å². The van der Waals surface area contributed by atoms with Gasteiger partial charge in [-0.2, -0.15) is 0 Å². The Morgan fingerprint density at radius 2 is 1.56 bits per heavy atom. The molecule has 0 spiro atoms. The van der Waals surface area contributed by atoms with Crippen molar-refractivity contribution in [2.75, 3.05) is 28.4 Å². The van der Waals surface area contributed by atoms with E-state index in [2.05, 4.69) is 5.32 Å². The van der Waals surface area contributed by atoms with Crippen LogP contribution in [-0.2, 0) is 6.54 Å². The first-order valence-corrected chi connectivity index (χ1v) is 7.83. The smallest absolute Gasteiger partial charge is 0.255 e. The maximum Gasteiger partial charge on any atom is 0.255 e. The van der Waals surface area contributed by atoms with E-state index in [1.165, 1.54) is 21.3 Å². The second kappa shape index (κ2) is 8.48. The van der Waals surface area contributed by atoms with Crippen LogP contribution >= 0.6 is 11.6 Å². The van der Waals surface area contributed by atoms with Gasteiger partial charge in [0, 0.05) is 17.1 Å². The van der Waals surface area contributed by atoms with Crippen molar-refractivity contribution in [1.82, 2.24) is 5.32 Å². The molecule has 0 radical (unpaired) electrons. The number of benzene rings is 2. The topological polar surface area (TPSA) is 66.0 Å². The molecule has 134 valence electrons. The van der Waals surface area contributed by atoms with Gasteiger partial charge < -0.3 is 24.3 Å². The molecule has 1 amide bonds. The molecule has 0 aliphatic heterocycles. The molecule has 0 fully saturated rings. The van der Waals surface area contributed by atoms with Crippen LogP contribution in [0.1, 0.15) is 15.9 Å². The highest BCUT2D eigenvalue weighted by atomic mass is 35.5. The average molecular weight is 366 g/mol. The predicted octanol–water partition coefficient (Wildman–Crippen LogP) is 3.30. The van der Waals surface area contributed by atoms with Crippen LogP contribution in [0.4, 0.5) is 0 Å². The fraction of sp³-hybridized carbons (Fsp3) is 0.278. The van der Waals surface area contributed by atoms with E-state index in [9.17, 15) is 4.79 Å². The number of hydrogen-bond acceptors (Lipinski definition) is 5. The van der Waals surface area contributed by atoms with Crippen molar-refractivity contribution in [1.29, 1.82) is 0 Å². The summed E-state index contributed by atoms with van der Waals surface area (Å²) in [6.45, 7) is 0.234. The van der Waals surface area contributed by atoms with Gasteiger partial charge in [-0.25, -0.2) is 0 Å². The minimum Gasteiger partial charge on any atom is -0.496 e. The molecule has 1 N–H and O–H groups in total. The molecule has 0 saturated carbocycles. The Kier molecular flexibility index (Phi) is 6.36. The number of amides is 1. The molecular weight excluding hydrogens is 346 g/mol. The van der Waals surface area contributed by atoms with Crippen LogP contribution in [0.5, 0.6) is 23.0 Å². The van der Waals surface area contributed by atoms with E-state index < -0.39 is 0 Å². The van der Waals surface area contributed by atoms with Gasteiger partial charge in [-0.3, -0.25) is 4.79 Å². The minimum atomic E-state index is -0.309. The monoisotopic (exact) mass is 365 g/mol. The van der Waals surface area contributed by atoms with E-state index >= 15 is 0 Å². The van der Waals surface area contributed by atoms with E-state index in [0.717, 1.165) is 5.56 Å². The molecule has 7 heteroatoms. The Hall–Kier alpha value is -2.60. The van der Waals surface area contributed by atoms with Gasteiger partial charge in [0.05, 0.1) is 34.0 Å². The summed E-state index contributed by atoms with van der Waals surface area (Å²) in [5.41, 5.74) is 1.10. The molecular formula is C18H20ClNO5. The van der Waals surface area contributed by atoms with Gasteiger partial charge in [-0.15, -0.1) is 0 Å². The minimum absolute atomic E-state index is 0.234. The van der Waals surface area contributed by atoms with Gasteiger partial charge in [-0.1, -0.05) is 11.6 Å². The number of carbonyl (C=O) groups is 1. The Labute approximate surface area is 151 Å². The zero-order valence-corrected chi connectivity index (χ0v) is 15.3. The number of ether oxygens (including phenoxy) is 4. The number of methoxy groups -OCH3 is 4. The van der Waals surface area contributed by atoms with E-state index in [1.54, 1.807) is 37.4 Å². The van der Waals surface area contributed by atoms with Crippen molar-refractivity contribution in [2.45, 2.75) is 6.54 Å². The molecule has 2 aromatic rings. The Morgan fingerprint density at radius 1 is 0.920 bits per heavy atom. The van der Waals surface area contributed by atoms with Gasteiger partial charge in [0.2, 0.25) is 5.75 Å². The Morgan fingerprint density at radius 3 is 2.16 bits per heavy atom. The van der Waals surface area contributed by atoms with Gasteiger partial charge in [0.25, 0.3) is 5.91 Å². The predicted molar refractivity (Wildman–Crippen MR) is 95.3 cm³/mol.